The van der Waals surface area contributed by atoms with Gasteiger partial charge in [0.05, 0.1) is 11.0 Å². The van der Waals surface area contributed by atoms with Crippen molar-refractivity contribution in [1.29, 1.82) is 0 Å². The third-order valence-electron chi connectivity index (χ3n) is 12.1. The van der Waals surface area contributed by atoms with Crippen LogP contribution >= 0.6 is 0 Å². The highest BCUT2D eigenvalue weighted by atomic mass is 15.2. The monoisotopic (exact) mass is 776 g/mol. The minimum Gasteiger partial charge on any atom is -0.277 e. The number of rotatable bonds is 6. The first-order valence-corrected chi connectivity index (χ1v) is 20.7. The smallest absolute Gasteiger partial charge is 0.238 e. The molecule has 12 rings (SSSR count). The lowest BCUT2D eigenvalue weighted by Crippen LogP contribution is -2.07. The van der Waals surface area contributed by atoms with Crippen molar-refractivity contribution < 1.29 is 0 Å². The molecule has 0 atom stereocenters. The summed E-state index contributed by atoms with van der Waals surface area (Å²) in [6, 6.07) is 77.6. The molecule has 0 aliphatic heterocycles. The highest BCUT2D eigenvalue weighted by Crippen LogP contribution is 2.41. The lowest BCUT2D eigenvalue weighted by molar-refractivity contribution is 0.954. The first-order valence-electron chi connectivity index (χ1n) is 20.7. The van der Waals surface area contributed by atoms with Crippen LogP contribution in [0.15, 0.2) is 218 Å². The lowest BCUT2D eigenvalue weighted by Gasteiger charge is -2.14. The summed E-state index contributed by atoms with van der Waals surface area (Å²) in [5, 5.41) is 9.57. The van der Waals surface area contributed by atoms with Gasteiger partial charge in [-0.25, -0.2) is 4.98 Å². The molecule has 0 radical (unpaired) electrons. The van der Waals surface area contributed by atoms with Gasteiger partial charge in [0.25, 0.3) is 0 Å². The van der Waals surface area contributed by atoms with Gasteiger partial charge in [0, 0.05) is 27.5 Å². The Balaban J connectivity index is 1.07. The molecule has 4 nitrogen and oxygen atoms in total. The number of benzene rings is 10. The second-order valence-electron chi connectivity index (χ2n) is 15.5. The second kappa shape index (κ2) is 14.3. The van der Waals surface area contributed by atoms with E-state index >= 15 is 0 Å². The highest BCUT2D eigenvalue weighted by molar-refractivity contribution is 6.25. The third-order valence-corrected chi connectivity index (χ3v) is 12.1. The van der Waals surface area contributed by atoms with E-state index in [2.05, 4.69) is 205 Å². The average molecular weight is 777 g/mol. The Labute approximate surface area is 352 Å². The zero-order valence-corrected chi connectivity index (χ0v) is 33.1. The molecule has 0 unspecified atom stereocenters. The standard InChI is InChI=1S/C57H36N4/c1-3-16-37(17-4-1)42-20-7-8-21-43(42)38-30-32-39(33-31-38)44-27-15-28-51-50-26-13-14-29-53(50)61(54(44)51)57-59-55(40-18-5-2-6-19-40)58-56(60-57)41-34-35-49-47-24-10-9-22-45(47)46-23-11-12-25-48(46)52(49)36-41/h1-36H. The molecule has 0 amide bonds. The molecule has 2 aromatic heterocycles. The van der Waals surface area contributed by atoms with E-state index in [0.29, 0.717) is 17.6 Å². The molecule has 0 fully saturated rings. The summed E-state index contributed by atoms with van der Waals surface area (Å²) in [6.45, 7) is 0. The van der Waals surface area contributed by atoms with Gasteiger partial charge in [-0.05, 0) is 72.3 Å². The Morgan fingerprint density at radius 1 is 0.262 bits per heavy atom. The Kier molecular flexibility index (Phi) is 8.13. The van der Waals surface area contributed by atoms with E-state index in [1.165, 1.54) is 54.6 Å². The van der Waals surface area contributed by atoms with Gasteiger partial charge in [-0.1, -0.05) is 206 Å². The number of nitrogens with zero attached hydrogens (tertiary/aromatic N) is 4. The summed E-state index contributed by atoms with van der Waals surface area (Å²) < 4.78 is 2.24. The molecule has 2 heterocycles. The normalized spacial score (nSPS) is 11.6. The van der Waals surface area contributed by atoms with E-state index in [4.69, 9.17) is 15.0 Å². The SMILES string of the molecule is c1ccc(-c2nc(-c3ccc4c5ccccc5c5ccccc5c4c3)nc(-n3c4ccccc4c4cccc(-c5ccc(-c6ccccc6-c6ccccc6)cc5)c43)n2)cc1. The summed E-state index contributed by atoms with van der Waals surface area (Å²) in [6.07, 6.45) is 0. The fraction of sp³-hybridized carbons (Fsp3) is 0. The Bertz CT molecular complexity index is 3590. The van der Waals surface area contributed by atoms with Crippen molar-refractivity contribution >= 4 is 54.1 Å². The summed E-state index contributed by atoms with van der Waals surface area (Å²) >= 11 is 0. The van der Waals surface area contributed by atoms with E-state index < -0.39 is 0 Å². The summed E-state index contributed by atoms with van der Waals surface area (Å²) in [5.41, 5.74) is 10.9. The third kappa shape index (κ3) is 5.80. The highest BCUT2D eigenvalue weighted by Gasteiger charge is 2.21. The van der Waals surface area contributed by atoms with Gasteiger partial charge in [-0.2, -0.15) is 9.97 Å². The van der Waals surface area contributed by atoms with Gasteiger partial charge in [-0.15, -0.1) is 0 Å². The Morgan fingerprint density at radius 2 is 0.689 bits per heavy atom. The van der Waals surface area contributed by atoms with Crippen LogP contribution in [0.2, 0.25) is 0 Å². The van der Waals surface area contributed by atoms with E-state index in [1.807, 2.05) is 18.2 Å². The zero-order valence-electron chi connectivity index (χ0n) is 33.1. The van der Waals surface area contributed by atoms with Crippen molar-refractivity contribution in [2.24, 2.45) is 0 Å². The van der Waals surface area contributed by atoms with Crippen molar-refractivity contribution in [3.63, 3.8) is 0 Å². The molecule has 4 heteroatoms. The topological polar surface area (TPSA) is 43.6 Å². The molecular weight excluding hydrogens is 741 g/mol. The van der Waals surface area contributed by atoms with Crippen LogP contribution in [-0.4, -0.2) is 19.5 Å². The minimum atomic E-state index is 0.569. The van der Waals surface area contributed by atoms with Gasteiger partial charge < -0.3 is 0 Å². The molecule has 284 valence electrons. The summed E-state index contributed by atoms with van der Waals surface area (Å²) in [4.78, 5) is 15.9. The molecule has 0 saturated carbocycles. The maximum absolute atomic E-state index is 5.39. The zero-order chi connectivity index (χ0) is 40.3. The van der Waals surface area contributed by atoms with Gasteiger partial charge in [0.2, 0.25) is 5.95 Å². The molecule has 0 spiro atoms. The lowest BCUT2D eigenvalue weighted by atomic mass is 9.93. The van der Waals surface area contributed by atoms with E-state index in [1.54, 1.807) is 0 Å². The maximum atomic E-state index is 5.39. The molecule has 0 saturated heterocycles. The van der Waals surface area contributed by atoms with Gasteiger partial charge in [-0.3, -0.25) is 4.57 Å². The van der Waals surface area contributed by atoms with Crippen LogP contribution in [0.4, 0.5) is 0 Å². The van der Waals surface area contributed by atoms with Crippen LogP contribution < -0.4 is 0 Å². The second-order valence-corrected chi connectivity index (χ2v) is 15.5. The fourth-order valence-electron chi connectivity index (χ4n) is 9.25. The molecular formula is C57H36N4. The minimum absolute atomic E-state index is 0.569. The van der Waals surface area contributed by atoms with Crippen molar-refractivity contribution in [2.45, 2.75) is 0 Å². The predicted octanol–water partition coefficient (Wildman–Crippen LogP) is 14.8. The molecule has 12 aromatic rings. The Morgan fingerprint density at radius 3 is 1.33 bits per heavy atom. The van der Waals surface area contributed by atoms with Crippen molar-refractivity contribution in [3.05, 3.63) is 218 Å². The fourth-order valence-corrected chi connectivity index (χ4v) is 9.25. The van der Waals surface area contributed by atoms with E-state index in [9.17, 15) is 0 Å². The summed E-state index contributed by atoms with van der Waals surface area (Å²) in [7, 11) is 0. The molecule has 0 aliphatic carbocycles. The number of aromatic nitrogens is 4. The number of para-hydroxylation sites is 2. The maximum Gasteiger partial charge on any atom is 0.238 e. The van der Waals surface area contributed by atoms with Crippen molar-refractivity contribution in [2.75, 3.05) is 0 Å². The van der Waals surface area contributed by atoms with E-state index in [-0.39, 0.29) is 0 Å². The van der Waals surface area contributed by atoms with Crippen LogP contribution in [-0.2, 0) is 0 Å². The van der Waals surface area contributed by atoms with Crippen LogP contribution in [0.25, 0.3) is 116 Å². The number of fused-ring (bicyclic) bond motifs is 9. The average Bonchev–Trinajstić information content (AvgIpc) is 3.69. The number of hydrogen-bond acceptors (Lipinski definition) is 3. The summed E-state index contributed by atoms with van der Waals surface area (Å²) in [5.74, 6) is 1.81. The van der Waals surface area contributed by atoms with Gasteiger partial charge in [0.1, 0.15) is 0 Å². The molecule has 0 bridgehead atoms. The van der Waals surface area contributed by atoms with Crippen LogP contribution in [0.5, 0.6) is 0 Å². The quantitative estimate of drug-likeness (QED) is 0.158. The van der Waals surface area contributed by atoms with E-state index in [0.717, 1.165) is 44.1 Å². The van der Waals surface area contributed by atoms with Crippen LogP contribution in [0.3, 0.4) is 0 Å². The molecule has 61 heavy (non-hydrogen) atoms. The first-order chi connectivity index (χ1) is 30.3. The molecule has 10 aromatic carbocycles. The largest absolute Gasteiger partial charge is 0.277 e. The first kappa shape index (κ1) is 34.8. The number of hydrogen-bond donors (Lipinski definition) is 0. The van der Waals surface area contributed by atoms with Crippen LogP contribution in [0, 0.1) is 0 Å². The van der Waals surface area contributed by atoms with Crippen LogP contribution in [0.1, 0.15) is 0 Å². The molecule has 0 N–H and O–H groups in total. The van der Waals surface area contributed by atoms with Gasteiger partial charge >= 0.3 is 0 Å². The van der Waals surface area contributed by atoms with Crippen molar-refractivity contribution in [3.8, 4) is 62.1 Å². The van der Waals surface area contributed by atoms with Gasteiger partial charge in [0.15, 0.2) is 11.6 Å². The van der Waals surface area contributed by atoms with Crippen molar-refractivity contribution in [1.82, 2.24) is 19.5 Å². The predicted molar refractivity (Wildman–Crippen MR) is 254 cm³/mol. The Hall–Kier alpha value is -8.21. The molecule has 0 aliphatic rings.